The molecule has 0 fully saturated rings. The van der Waals surface area contributed by atoms with Gasteiger partial charge in [-0.1, -0.05) is 119 Å². The molecule has 230 valence electrons. The van der Waals surface area contributed by atoms with Gasteiger partial charge in [-0.3, -0.25) is 0 Å². The topological polar surface area (TPSA) is 69.9 Å². The van der Waals surface area contributed by atoms with Gasteiger partial charge in [0.1, 0.15) is 5.75 Å². The van der Waals surface area contributed by atoms with Crippen molar-refractivity contribution in [2.24, 2.45) is 0 Å². The summed E-state index contributed by atoms with van der Waals surface area (Å²) in [7, 11) is -2.78. The number of rotatable bonds is 14. The van der Waals surface area contributed by atoms with Crippen molar-refractivity contribution in [3.8, 4) is 5.75 Å². The molecule has 0 aliphatic rings. The second-order valence-electron chi connectivity index (χ2n) is 12.5. The van der Waals surface area contributed by atoms with Crippen molar-refractivity contribution in [2.45, 2.75) is 78.4 Å². The van der Waals surface area contributed by atoms with Crippen LogP contribution in [0.2, 0.25) is 5.04 Å². The summed E-state index contributed by atoms with van der Waals surface area (Å²) in [5.74, 6) is 0.335. The van der Waals surface area contributed by atoms with E-state index in [0.717, 1.165) is 29.5 Å². The standard InChI is InChI=1S/C38H50O4Si/c1-8-15-31(26-32-24-28(2)37(41)29(3)25-32)20-21-36(40)35(22-23-39)30(4)27-42-43(38(5,6)7,33-16-11-9-12-17-33)34-18-13-10-14-19-34/h9-14,16-19,22,24-26,36,39-41H,4,8,15,20-21,23,27H2,1-3,5-7H3/b31-26+,35-22-. The van der Waals surface area contributed by atoms with E-state index in [1.165, 1.54) is 15.9 Å². The number of aryl methyl sites for hydroxylation is 2. The number of aliphatic hydroxyl groups excluding tert-OH is 2. The molecule has 1 unspecified atom stereocenters. The van der Waals surface area contributed by atoms with Crippen LogP contribution in [0.1, 0.15) is 70.1 Å². The number of benzene rings is 3. The van der Waals surface area contributed by atoms with E-state index in [0.29, 0.717) is 29.7 Å². The zero-order valence-corrected chi connectivity index (χ0v) is 27.9. The first-order chi connectivity index (χ1) is 20.4. The fourth-order valence-electron chi connectivity index (χ4n) is 6.03. The first-order valence-electron chi connectivity index (χ1n) is 15.4. The van der Waals surface area contributed by atoms with Crippen LogP contribution in [-0.4, -0.2) is 43.0 Å². The van der Waals surface area contributed by atoms with Crippen LogP contribution in [-0.2, 0) is 4.43 Å². The lowest BCUT2D eigenvalue weighted by Crippen LogP contribution is -2.66. The van der Waals surface area contributed by atoms with Crippen LogP contribution in [0.4, 0.5) is 0 Å². The SMILES string of the molecule is C=C(CO[Si](c1ccccc1)(c1ccccc1)C(C)(C)C)/C(=C/CO)C(O)CC/C(=C/c1cc(C)c(O)c(C)c1)CCC. The highest BCUT2D eigenvalue weighted by atomic mass is 28.4. The summed E-state index contributed by atoms with van der Waals surface area (Å²) in [5.41, 5.74) is 5.32. The highest BCUT2D eigenvalue weighted by Crippen LogP contribution is 2.37. The molecule has 0 amide bonds. The van der Waals surface area contributed by atoms with E-state index >= 15 is 0 Å². The largest absolute Gasteiger partial charge is 0.507 e. The van der Waals surface area contributed by atoms with E-state index in [-0.39, 0.29) is 18.3 Å². The smallest absolute Gasteiger partial charge is 0.261 e. The van der Waals surface area contributed by atoms with Gasteiger partial charge in [0.15, 0.2) is 0 Å². The predicted octanol–water partition coefficient (Wildman–Crippen LogP) is 7.39. The number of aliphatic hydroxyl groups is 2. The molecular weight excluding hydrogens is 549 g/mol. The lowest BCUT2D eigenvalue weighted by Gasteiger charge is -2.43. The monoisotopic (exact) mass is 598 g/mol. The van der Waals surface area contributed by atoms with E-state index in [1.54, 1.807) is 6.08 Å². The minimum absolute atomic E-state index is 0.180. The maximum absolute atomic E-state index is 11.4. The van der Waals surface area contributed by atoms with Crippen LogP contribution in [0.5, 0.6) is 5.75 Å². The third-order valence-corrected chi connectivity index (χ3v) is 13.1. The Morgan fingerprint density at radius 1 is 0.930 bits per heavy atom. The summed E-state index contributed by atoms with van der Waals surface area (Å²) < 4.78 is 7.05. The Morgan fingerprint density at radius 3 is 1.93 bits per heavy atom. The first kappa shape index (κ1) is 34.3. The average Bonchev–Trinajstić information content (AvgIpc) is 2.98. The van der Waals surface area contributed by atoms with Gasteiger partial charge in [-0.15, -0.1) is 0 Å². The molecule has 0 saturated heterocycles. The van der Waals surface area contributed by atoms with Gasteiger partial charge in [0.05, 0.1) is 19.3 Å². The van der Waals surface area contributed by atoms with Crippen LogP contribution in [0.3, 0.4) is 0 Å². The van der Waals surface area contributed by atoms with Gasteiger partial charge < -0.3 is 19.7 Å². The predicted molar refractivity (Wildman–Crippen MR) is 184 cm³/mol. The Kier molecular flexibility index (Phi) is 12.3. The number of hydrogen-bond acceptors (Lipinski definition) is 4. The first-order valence-corrected chi connectivity index (χ1v) is 17.3. The quantitative estimate of drug-likeness (QED) is 0.134. The Labute approximate surface area is 260 Å². The molecule has 0 saturated carbocycles. The number of phenols is 1. The van der Waals surface area contributed by atoms with Gasteiger partial charge in [0.25, 0.3) is 8.32 Å². The molecule has 5 heteroatoms. The van der Waals surface area contributed by atoms with Crippen molar-refractivity contribution in [1.82, 2.24) is 0 Å². The van der Waals surface area contributed by atoms with Crippen molar-refractivity contribution >= 4 is 24.8 Å². The minimum Gasteiger partial charge on any atom is -0.507 e. The van der Waals surface area contributed by atoms with Crippen molar-refractivity contribution in [2.75, 3.05) is 13.2 Å². The van der Waals surface area contributed by atoms with E-state index in [4.69, 9.17) is 4.43 Å². The molecule has 0 radical (unpaired) electrons. The summed E-state index contributed by atoms with van der Waals surface area (Å²) >= 11 is 0. The highest BCUT2D eigenvalue weighted by Gasteiger charge is 2.50. The van der Waals surface area contributed by atoms with Crippen LogP contribution in [0.15, 0.2) is 102 Å². The summed E-state index contributed by atoms with van der Waals surface area (Å²) in [4.78, 5) is 0. The van der Waals surface area contributed by atoms with E-state index in [9.17, 15) is 15.3 Å². The lowest BCUT2D eigenvalue weighted by molar-refractivity contribution is 0.197. The number of hydrogen-bond donors (Lipinski definition) is 3. The van der Waals surface area contributed by atoms with Crippen LogP contribution >= 0.6 is 0 Å². The summed E-state index contributed by atoms with van der Waals surface area (Å²) in [6.07, 6.45) is 6.18. The van der Waals surface area contributed by atoms with Gasteiger partial charge >= 0.3 is 0 Å². The number of phenolic OH excluding ortho intramolecular Hbond substituents is 1. The fraction of sp³-hybridized carbons (Fsp3) is 0.368. The molecule has 0 aliphatic carbocycles. The van der Waals surface area contributed by atoms with Crippen LogP contribution in [0, 0.1) is 13.8 Å². The molecule has 3 N–H and O–H groups in total. The maximum Gasteiger partial charge on any atom is 0.261 e. The molecule has 3 aromatic rings. The maximum atomic E-state index is 11.4. The lowest BCUT2D eigenvalue weighted by atomic mass is 9.94. The molecule has 0 heterocycles. The Balaban J connectivity index is 1.85. The fourth-order valence-corrected chi connectivity index (χ4v) is 10.6. The van der Waals surface area contributed by atoms with Gasteiger partial charge in [0, 0.05) is 0 Å². The highest BCUT2D eigenvalue weighted by molar-refractivity contribution is 6.99. The molecule has 0 aliphatic heterocycles. The van der Waals surface area contributed by atoms with E-state index < -0.39 is 14.4 Å². The second-order valence-corrected chi connectivity index (χ2v) is 16.8. The Morgan fingerprint density at radius 2 is 1.47 bits per heavy atom. The summed E-state index contributed by atoms with van der Waals surface area (Å²) in [6.45, 7) is 17.1. The van der Waals surface area contributed by atoms with Crippen molar-refractivity contribution in [1.29, 1.82) is 0 Å². The molecule has 4 nitrogen and oxygen atoms in total. The molecule has 0 spiro atoms. The van der Waals surface area contributed by atoms with Gasteiger partial charge in [-0.05, 0) is 88.5 Å². The van der Waals surface area contributed by atoms with Gasteiger partial charge in [-0.25, -0.2) is 0 Å². The molecular formula is C38H50O4Si. The normalized spacial score (nSPS) is 13.7. The molecule has 1 atom stereocenters. The zero-order chi connectivity index (χ0) is 31.6. The van der Waals surface area contributed by atoms with Crippen LogP contribution < -0.4 is 10.4 Å². The number of allylic oxidation sites excluding steroid dienone is 1. The van der Waals surface area contributed by atoms with E-state index in [2.05, 4.69) is 88.9 Å². The third kappa shape index (κ3) is 8.45. The van der Waals surface area contributed by atoms with E-state index in [1.807, 2.05) is 38.1 Å². The van der Waals surface area contributed by atoms with Gasteiger partial charge in [-0.2, -0.15) is 0 Å². The number of aromatic hydroxyl groups is 1. The zero-order valence-electron chi connectivity index (χ0n) is 26.9. The minimum atomic E-state index is -2.78. The third-order valence-electron chi connectivity index (χ3n) is 8.15. The molecule has 3 aromatic carbocycles. The van der Waals surface area contributed by atoms with Gasteiger partial charge in [0.2, 0.25) is 0 Å². The van der Waals surface area contributed by atoms with Crippen LogP contribution in [0.25, 0.3) is 6.08 Å². The molecule has 43 heavy (non-hydrogen) atoms. The Hall–Kier alpha value is -3.22. The molecule has 0 bridgehead atoms. The molecule has 3 rings (SSSR count). The molecule has 0 aromatic heterocycles. The van der Waals surface area contributed by atoms with Crippen molar-refractivity contribution in [3.63, 3.8) is 0 Å². The average molecular weight is 599 g/mol. The second kappa shape index (κ2) is 15.5. The Bertz CT molecular complexity index is 1340. The van der Waals surface area contributed by atoms with Crippen molar-refractivity contribution in [3.05, 3.63) is 119 Å². The van der Waals surface area contributed by atoms with Crippen molar-refractivity contribution < 1.29 is 19.7 Å². The summed E-state index contributed by atoms with van der Waals surface area (Å²) in [6, 6.07) is 24.9. The summed E-state index contributed by atoms with van der Waals surface area (Å²) in [5, 5.41) is 33.7.